The Kier molecular flexibility index (Phi) is 5.88. The van der Waals surface area contributed by atoms with Crippen LogP contribution in [0.2, 0.25) is 0 Å². The number of likely N-dealkylation sites (tertiary alicyclic amines) is 1. The second-order valence-corrected chi connectivity index (χ2v) is 7.45. The number of aryl methyl sites for hydroxylation is 1. The molecule has 1 N–H and O–H groups in total. The maximum Gasteiger partial charge on any atom is 0.306 e. The number of thiazole rings is 1. The van der Waals surface area contributed by atoms with E-state index < -0.39 is 5.97 Å². The summed E-state index contributed by atoms with van der Waals surface area (Å²) in [6.45, 7) is 3.41. The van der Waals surface area contributed by atoms with Gasteiger partial charge in [0.2, 0.25) is 5.91 Å². The molecule has 2 aromatic rings. The number of hydrogen-bond donors (Lipinski definition) is 1. The summed E-state index contributed by atoms with van der Waals surface area (Å²) in [7, 11) is 0. The van der Waals surface area contributed by atoms with E-state index in [-0.39, 0.29) is 18.2 Å². The van der Waals surface area contributed by atoms with Gasteiger partial charge in [0.15, 0.2) is 0 Å². The Morgan fingerprint density at radius 3 is 2.62 bits per heavy atom. The summed E-state index contributed by atoms with van der Waals surface area (Å²) in [5.74, 6) is -0.298. The minimum absolute atomic E-state index is 0.00476. The van der Waals surface area contributed by atoms with Crippen molar-refractivity contribution in [3.8, 4) is 5.75 Å². The Balaban J connectivity index is 1.48. The zero-order chi connectivity index (χ0) is 18.5. The van der Waals surface area contributed by atoms with Gasteiger partial charge in [-0.15, -0.1) is 11.3 Å². The van der Waals surface area contributed by atoms with Crippen molar-refractivity contribution in [2.45, 2.75) is 32.8 Å². The average Bonchev–Trinajstić information content (AvgIpc) is 3.08. The van der Waals surface area contributed by atoms with Crippen molar-refractivity contribution in [1.29, 1.82) is 0 Å². The number of carboxylic acids is 1. The molecule has 7 heteroatoms. The SMILES string of the molecule is Cc1ccc(OCc2nc(CC(=O)N3CCC(C(=O)O)CC3)cs2)cc1. The largest absolute Gasteiger partial charge is 0.486 e. The monoisotopic (exact) mass is 374 g/mol. The van der Waals surface area contributed by atoms with Gasteiger partial charge < -0.3 is 14.7 Å². The molecule has 2 heterocycles. The molecule has 1 aliphatic rings. The molecule has 6 nitrogen and oxygen atoms in total. The number of carbonyl (C=O) groups excluding carboxylic acids is 1. The quantitative estimate of drug-likeness (QED) is 0.841. The molecule has 138 valence electrons. The standard InChI is InChI=1S/C19H22N2O4S/c1-13-2-4-16(5-3-13)25-11-17-20-15(12-26-17)10-18(22)21-8-6-14(7-9-21)19(23)24/h2-5,12,14H,6-11H2,1H3,(H,23,24). The van der Waals surface area contributed by atoms with Crippen LogP contribution in [0.4, 0.5) is 0 Å². The molecule has 1 aliphatic heterocycles. The highest BCUT2D eigenvalue weighted by molar-refractivity contribution is 7.09. The molecule has 1 saturated heterocycles. The molecule has 0 aliphatic carbocycles. The highest BCUT2D eigenvalue weighted by Gasteiger charge is 2.27. The summed E-state index contributed by atoms with van der Waals surface area (Å²) in [5.41, 5.74) is 1.92. The van der Waals surface area contributed by atoms with E-state index >= 15 is 0 Å². The number of carbonyl (C=O) groups is 2. The summed E-state index contributed by atoms with van der Waals surface area (Å²) >= 11 is 1.48. The number of aliphatic carboxylic acids is 1. The maximum absolute atomic E-state index is 12.4. The molecule has 0 spiro atoms. The molecule has 1 aromatic heterocycles. The Bertz CT molecular complexity index is 764. The Labute approximate surface area is 156 Å². The second kappa shape index (κ2) is 8.31. The van der Waals surface area contributed by atoms with Crippen LogP contribution >= 0.6 is 11.3 Å². The molecule has 26 heavy (non-hydrogen) atoms. The van der Waals surface area contributed by atoms with Crippen LogP contribution in [0, 0.1) is 12.8 Å². The zero-order valence-electron chi connectivity index (χ0n) is 14.7. The van der Waals surface area contributed by atoms with E-state index in [1.54, 1.807) is 4.90 Å². The van der Waals surface area contributed by atoms with E-state index in [4.69, 9.17) is 9.84 Å². The number of ether oxygens (including phenoxy) is 1. The molecular weight excluding hydrogens is 352 g/mol. The van der Waals surface area contributed by atoms with Crippen LogP contribution in [0.5, 0.6) is 5.75 Å². The average molecular weight is 374 g/mol. The Hall–Kier alpha value is -2.41. The summed E-state index contributed by atoms with van der Waals surface area (Å²) in [6.07, 6.45) is 1.29. The highest BCUT2D eigenvalue weighted by atomic mass is 32.1. The van der Waals surface area contributed by atoms with Crippen LogP contribution < -0.4 is 4.74 Å². The molecule has 1 aromatic carbocycles. The first-order valence-corrected chi connectivity index (χ1v) is 9.52. The van der Waals surface area contributed by atoms with Gasteiger partial charge in [0, 0.05) is 18.5 Å². The van der Waals surface area contributed by atoms with Crippen molar-refractivity contribution in [3.63, 3.8) is 0 Å². The lowest BCUT2D eigenvalue weighted by Gasteiger charge is -2.30. The van der Waals surface area contributed by atoms with Crippen LogP contribution in [-0.2, 0) is 22.6 Å². The lowest BCUT2D eigenvalue weighted by molar-refractivity contribution is -0.145. The van der Waals surface area contributed by atoms with Crippen molar-refractivity contribution in [2.24, 2.45) is 5.92 Å². The molecule has 0 unspecified atom stereocenters. The van der Waals surface area contributed by atoms with Gasteiger partial charge >= 0.3 is 5.97 Å². The minimum Gasteiger partial charge on any atom is -0.486 e. The lowest BCUT2D eigenvalue weighted by Crippen LogP contribution is -2.41. The molecule has 0 atom stereocenters. The highest BCUT2D eigenvalue weighted by Crippen LogP contribution is 2.20. The summed E-state index contributed by atoms with van der Waals surface area (Å²) in [6, 6.07) is 7.84. The Morgan fingerprint density at radius 1 is 1.27 bits per heavy atom. The predicted octanol–water partition coefficient (Wildman–Crippen LogP) is 2.90. The number of nitrogens with zero attached hydrogens (tertiary/aromatic N) is 2. The van der Waals surface area contributed by atoms with Gasteiger partial charge in [-0.05, 0) is 31.9 Å². The van der Waals surface area contributed by atoms with E-state index in [2.05, 4.69) is 4.98 Å². The van der Waals surface area contributed by atoms with Crippen LogP contribution in [0.1, 0.15) is 29.1 Å². The van der Waals surface area contributed by atoms with Crippen molar-refractivity contribution in [2.75, 3.05) is 13.1 Å². The number of hydrogen-bond acceptors (Lipinski definition) is 5. The predicted molar refractivity (Wildman–Crippen MR) is 98.3 cm³/mol. The third-order valence-corrected chi connectivity index (χ3v) is 5.38. The van der Waals surface area contributed by atoms with E-state index in [9.17, 15) is 9.59 Å². The fraction of sp³-hybridized carbons (Fsp3) is 0.421. The molecule has 3 rings (SSSR count). The second-order valence-electron chi connectivity index (χ2n) is 6.50. The third-order valence-electron chi connectivity index (χ3n) is 4.51. The number of piperidine rings is 1. The first kappa shape index (κ1) is 18.4. The van der Waals surface area contributed by atoms with E-state index in [0.29, 0.717) is 32.5 Å². The van der Waals surface area contributed by atoms with Gasteiger partial charge in [0.1, 0.15) is 17.4 Å². The molecular formula is C19H22N2O4S. The normalized spacial score (nSPS) is 15.0. The van der Waals surface area contributed by atoms with Crippen molar-refractivity contribution in [1.82, 2.24) is 9.88 Å². The minimum atomic E-state index is -0.769. The van der Waals surface area contributed by atoms with E-state index in [1.807, 2.05) is 36.6 Å². The van der Waals surface area contributed by atoms with Gasteiger partial charge in [0.25, 0.3) is 0 Å². The molecule has 1 fully saturated rings. The molecule has 1 amide bonds. The number of aromatic nitrogens is 1. The fourth-order valence-corrected chi connectivity index (χ4v) is 3.62. The fourth-order valence-electron chi connectivity index (χ4n) is 2.92. The third kappa shape index (κ3) is 4.82. The van der Waals surface area contributed by atoms with Crippen molar-refractivity contribution >= 4 is 23.2 Å². The van der Waals surface area contributed by atoms with E-state index in [1.165, 1.54) is 16.9 Å². The smallest absolute Gasteiger partial charge is 0.306 e. The summed E-state index contributed by atoms with van der Waals surface area (Å²) in [5, 5.41) is 11.7. The molecule has 0 radical (unpaired) electrons. The number of carboxylic acid groups (broad SMARTS) is 1. The first-order valence-electron chi connectivity index (χ1n) is 8.64. The van der Waals surface area contributed by atoms with Gasteiger partial charge in [-0.25, -0.2) is 4.98 Å². The topological polar surface area (TPSA) is 79.7 Å². The summed E-state index contributed by atoms with van der Waals surface area (Å²) < 4.78 is 5.71. The molecule has 0 saturated carbocycles. The van der Waals surface area contributed by atoms with Crippen LogP contribution in [-0.4, -0.2) is 40.0 Å². The number of rotatable bonds is 6. The van der Waals surface area contributed by atoms with Gasteiger partial charge in [-0.3, -0.25) is 9.59 Å². The van der Waals surface area contributed by atoms with Crippen LogP contribution in [0.15, 0.2) is 29.6 Å². The van der Waals surface area contributed by atoms with Crippen LogP contribution in [0.3, 0.4) is 0 Å². The summed E-state index contributed by atoms with van der Waals surface area (Å²) in [4.78, 5) is 29.6. The zero-order valence-corrected chi connectivity index (χ0v) is 15.5. The van der Waals surface area contributed by atoms with E-state index in [0.717, 1.165) is 16.5 Å². The maximum atomic E-state index is 12.4. The lowest BCUT2D eigenvalue weighted by atomic mass is 9.97. The van der Waals surface area contributed by atoms with Gasteiger partial charge in [-0.2, -0.15) is 0 Å². The molecule has 0 bridgehead atoms. The van der Waals surface area contributed by atoms with Crippen LogP contribution in [0.25, 0.3) is 0 Å². The van der Waals surface area contributed by atoms with Gasteiger partial charge in [-0.1, -0.05) is 17.7 Å². The van der Waals surface area contributed by atoms with Gasteiger partial charge in [0.05, 0.1) is 18.0 Å². The first-order chi connectivity index (χ1) is 12.5. The number of benzene rings is 1. The van der Waals surface area contributed by atoms with Crippen molar-refractivity contribution in [3.05, 3.63) is 45.9 Å². The van der Waals surface area contributed by atoms with Crippen molar-refractivity contribution < 1.29 is 19.4 Å². The number of amides is 1. The Morgan fingerprint density at radius 2 is 1.96 bits per heavy atom.